The van der Waals surface area contributed by atoms with Crippen LogP contribution in [0.5, 0.6) is 0 Å². The Hall–Kier alpha value is -0.640. The Morgan fingerprint density at radius 2 is 2.31 bits per heavy atom. The highest BCUT2D eigenvalue weighted by Gasteiger charge is 2.14. The SMILES string of the molecule is Nc1nccn1CC1CCSCC1. The largest absolute Gasteiger partial charge is 0.369 e. The first-order chi connectivity index (χ1) is 6.36. The normalized spacial score (nSPS) is 19.1. The lowest BCUT2D eigenvalue weighted by molar-refractivity contribution is 0.419. The van der Waals surface area contributed by atoms with Crippen LogP contribution < -0.4 is 5.73 Å². The zero-order chi connectivity index (χ0) is 9.10. The van der Waals surface area contributed by atoms with Gasteiger partial charge in [-0.1, -0.05) is 0 Å². The van der Waals surface area contributed by atoms with Crippen molar-refractivity contribution in [3.05, 3.63) is 12.4 Å². The molecule has 0 radical (unpaired) electrons. The lowest BCUT2D eigenvalue weighted by Gasteiger charge is -2.21. The molecule has 1 aromatic heterocycles. The summed E-state index contributed by atoms with van der Waals surface area (Å²) in [5, 5.41) is 0. The molecule has 2 N–H and O–H groups in total. The molecule has 0 unspecified atom stereocenters. The van der Waals surface area contributed by atoms with Gasteiger partial charge in [-0.05, 0) is 30.3 Å². The lowest BCUT2D eigenvalue weighted by Crippen LogP contribution is -2.17. The van der Waals surface area contributed by atoms with E-state index in [0.29, 0.717) is 5.95 Å². The third-order valence-electron chi connectivity index (χ3n) is 2.54. The van der Waals surface area contributed by atoms with E-state index in [-0.39, 0.29) is 0 Å². The van der Waals surface area contributed by atoms with Gasteiger partial charge in [0.15, 0.2) is 5.95 Å². The predicted octanol–water partition coefficient (Wildman–Crippen LogP) is 1.61. The van der Waals surface area contributed by atoms with Crippen molar-refractivity contribution in [1.29, 1.82) is 0 Å². The highest BCUT2D eigenvalue weighted by molar-refractivity contribution is 7.99. The highest BCUT2D eigenvalue weighted by atomic mass is 32.2. The van der Waals surface area contributed by atoms with E-state index in [9.17, 15) is 0 Å². The van der Waals surface area contributed by atoms with Crippen LogP contribution in [-0.4, -0.2) is 21.1 Å². The molecule has 0 aliphatic carbocycles. The fourth-order valence-electron chi connectivity index (χ4n) is 1.70. The minimum absolute atomic E-state index is 0.651. The molecule has 0 aromatic carbocycles. The van der Waals surface area contributed by atoms with Crippen molar-refractivity contribution in [2.24, 2.45) is 5.92 Å². The topological polar surface area (TPSA) is 43.8 Å². The minimum Gasteiger partial charge on any atom is -0.369 e. The number of nitrogens with two attached hydrogens (primary N) is 1. The zero-order valence-electron chi connectivity index (χ0n) is 7.65. The van der Waals surface area contributed by atoms with E-state index in [2.05, 4.69) is 21.3 Å². The third-order valence-corrected chi connectivity index (χ3v) is 3.59. The van der Waals surface area contributed by atoms with Gasteiger partial charge >= 0.3 is 0 Å². The van der Waals surface area contributed by atoms with E-state index in [0.717, 1.165) is 12.5 Å². The van der Waals surface area contributed by atoms with Gasteiger partial charge in [-0.25, -0.2) is 4.98 Å². The Balaban J connectivity index is 1.93. The Morgan fingerprint density at radius 1 is 1.54 bits per heavy atom. The van der Waals surface area contributed by atoms with E-state index < -0.39 is 0 Å². The molecule has 4 heteroatoms. The molecule has 3 nitrogen and oxygen atoms in total. The number of hydrogen-bond acceptors (Lipinski definition) is 3. The summed E-state index contributed by atoms with van der Waals surface area (Å²) in [6.45, 7) is 1.05. The van der Waals surface area contributed by atoms with Gasteiger partial charge in [0, 0.05) is 18.9 Å². The summed E-state index contributed by atoms with van der Waals surface area (Å²) in [6, 6.07) is 0. The van der Waals surface area contributed by atoms with Gasteiger partial charge < -0.3 is 10.3 Å². The minimum atomic E-state index is 0.651. The molecule has 1 fully saturated rings. The number of aromatic nitrogens is 2. The molecule has 0 bridgehead atoms. The van der Waals surface area contributed by atoms with Crippen molar-refractivity contribution in [2.75, 3.05) is 17.2 Å². The molecule has 0 spiro atoms. The van der Waals surface area contributed by atoms with Crippen LogP contribution in [0.4, 0.5) is 5.95 Å². The van der Waals surface area contributed by atoms with Gasteiger partial charge in [0.2, 0.25) is 0 Å². The molecule has 2 rings (SSSR count). The first-order valence-corrected chi connectivity index (χ1v) is 5.86. The van der Waals surface area contributed by atoms with Crippen LogP contribution in [0.1, 0.15) is 12.8 Å². The van der Waals surface area contributed by atoms with Crippen LogP contribution in [-0.2, 0) is 6.54 Å². The number of imidazole rings is 1. The molecular formula is C9H15N3S. The lowest BCUT2D eigenvalue weighted by atomic mass is 10.0. The number of anilines is 1. The Bertz CT molecular complexity index is 266. The maximum Gasteiger partial charge on any atom is 0.200 e. The van der Waals surface area contributed by atoms with E-state index >= 15 is 0 Å². The zero-order valence-corrected chi connectivity index (χ0v) is 8.46. The van der Waals surface area contributed by atoms with Crippen molar-refractivity contribution >= 4 is 17.7 Å². The first-order valence-electron chi connectivity index (χ1n) is 4.70. The second kappa shape index (κ2) is 4.05. The van der Waals surface area contributed by atoms with Crippen LogP contribution in [0.25, 0.3) is 0 Å². The van der Waals surface area contributed by atoms with Crippen LogP contribution >= 0.6 is 11.8 Å². The van der Waals surface area contributed by atoms with Crippen LogP contribution in [0.2, 0.25) is 0 Å². The summed E-state index contributed by atoms with van der Waals surface area (Å²) in [4.78, 5) is 4.02. The number of hydrogen-bond donors (Lipinski definition) is 1. The maximum atomic E-state index is 5.70. The molecule has 2 heterocycles. The van der Waals surface area contributed by atoms with Crippen LogP contribution in [0.3, 0.4) is 0 Å². The first kappa shape index (κ1) is 8.94. The maximum absolute atomic E-state index is 5.70. The molecule has 1 aromatic rings. The molecule has 1 aliphatic rings. The van der Waals surface area contributed by atoms with E-state index in [1.807, 2.05) is 6.20 Å². The van der Waals surface area contributed by atoms with E-state index in [1.165, 1.54) is 24.3 Å². The van der Waals surface area contributed by atoms with Crippen LogP contribution in [0, 0.1) is 5.92 Å². The van der Waals surface area contributed by atoms with Gasteiger partial charge in [0.1, 0.15) is 0 Å². The smallest absolute Gasteiger partial charge is 0.200 e. The molecule has 0 atom stereocenters. The summed E-state index contributed by atoms with van der Waals surface area (Å²) in [6.07, 6.45) is 6.38. The highest BCUT2D eigenvalue weighted by Crippen LogP contribution is 2.24. The summed E-state index contributed by atoms with van der Waals surface area (Å²) in [5.41, 5.74) is 5.70. The Morgan fingerprint density at radius 3 is 2.92 bits per heavy atom. The van der Waals surface area contributed by atoms with Crippen LogP contribution in [0.15, 0.2) is 12.4 Å². The quantitative estimate of drug-likeness (QED) is 0.783. The van der Waals surface area contributed by atoms with E-state index in [1.54, 1.807) is 6.20 Å². The number of nitrogen functional groups attached to an aromatic ring is 1. The summed E-state index contributed by atoms with van der Waals surface area (Å²) in [5.74, 6) is 4.06. The van der Waals surface area contributed by atoms with Gasteiger partial charge in [-0.2, -0.15) is 11.8 Å². The van der Waals surface area contributed by atoms with Gasteiger partial charge in [0.25, 0.3) is 0 Å². The molecule has 0 saturated carbocycles. The van der Waals surface area contributed by atoms with E-state index in [4.69, 9.17) is 5.73 Å². The molecular weight excluding hydrogens is 182 g/mol. The number of thioether (sulfide) groups is 1. The number of nitrogens with zero attached hydrogens (tertiary/aromatic N) is 2. The van der Waals surface area contributed by atoms with Gasteiger partial charge in [0.05, 0.1) is 0 Å². The van der Waals surface area contributed by atoms with Gasteiger partial charge in [-0.15, -0.1) is 0 Å². The Kier molecular flexibility index (Phi) is 2.78. The average Bonchev–Trinajstić information content (AvgIpc) is 2.54. The van der Waals surface area contributed by atoms with Crippen molar-refractivity contribution in [3.63, 3.8) is 0 Å². The fourth-order valence-corrected chi connectivity index (χ4v) is 2.91. The molecule has 13 heavy (non-hydrogen) atoms. The number of rotatable bonds is 2. The molecule has 72 valence electrons. The van der Waals surface area contributed by atoms with Crippen molar-refractivity contribution in [1.82, 2.24) is 9.55 Å². The monoisotopic (exact) mass is 197 g/mol. The standard InChI is InChI=1S/C9H15N3S/c10-9-11-3-4-12(9)7-8-1-5-13-6-2-8/h3-4,8H,1-2,5-7H2,(H2,10,11). The average molecular weight is 197 g/mol. The second-order valence-corrected chi connectivity index (χ2v) is 4.72. The fraction of sp³-hybridized carbons (Fsp3) is 0.667. The molecule has 1 aliphatic heterocycles. The predicted molar refractivity (Wildman–Crippen MR) is 56.7 cm³/mol. The van der Waals surface area contributed by atoms with Crippen molar-refractivity contribution in [2.45, 2.75) is 19.4 Å². The summed E-state index contributed by atoms with van der Waals surface area (Å²) >= 11 is 2.06. The summed E-state index contributed by atoms with van der Waals surface area (Å²) in [7, 11) is 0. The van der Waals surface area contributed by atoms with Gasteiger partial charge in [-0.3, -0.25) is 0 Å². The molecule has 1 saturated heterocycles. The van der Waals surface area contributed by atoms with Crippen molar-refractivity contribution < 1.29 is 0 Å². The second-order valence-electron chi connectivity index (χ2n) is 3.49. The summed E-state index contributed by atoms with van der Waals surface area (Å²) < 4.78 is 2.06. The van der Waals surface area contributed by atoms with Crippen molar-refractivity contribution in [3.8, 4) is 0 Å². The Labute approximate surface area is 82.7 Å². The molecule has 0 amide bonds. The third kappa shape index (κ3) is 2.18.